The highest BCUT2D eigenvalue weighted by Crippen LogP contribution is 2.41. The quantitative estimate of drug-likeness (QED) is 0.347. The Kier molecular flexibility index (Phi) is 9.42. The van der Waals surface area contributed by atoms with Crippen molar-refractivity contribution in [3.63, 3.8) is 0 Å². The van der Waals surface area contributed by atoms with Crippen LogP contribution < -0.4 is 9.64 Å². The molecule has 1 aromatic carbocycles. The van der Waals surface area contributed by atoms with Crippen molar-refractivity contribution in [1.29, 1.82) is 0 Å². The Morgan fingerprint density at radius 1 is 1.06 bits per heavy atom. The maximum Gasteiger partial charge on any atom is 0.217 e. The molecule has 0 saturated carbocycles. The number of benzene rings is 1. The molecule has 1 atom stereocenters. The van der Waals surface area contributed by atoms with Gasteiger partial charge in [-0.15, -0.1) is 10.2 Å². The average Bonchev–Trinajstić information content (AvgIpc) is 3.21. The van der Waals surface area contributed by atoms with Crippen molar-refractivity contribution in [2.24, 2.45) is 14.6 Å². The van der Waals surface area contributed by atoms with Crippen LogP contribution >= 0.6 is 0 Å². The molecule has 2 rings (SSSR count). The lowest BCUT2D eigenvalue weighted by Gasteiger charge is -2.26. The monoisotopic (exact) mass is 479 g/mol. The van der Waals surface area contributed by atoms with Gasteiger partial charge < -0.3 is 18.7 Å². The fraction of sp³-hybridized carbons (Fsp3) is 0.609. The molecule has 0 bridgehead atoms. The predicted octanol–water partition coefficient (Wildman–Crippen LogP) is 7.01. The van der Waals surface area contributed by atoms with Crippen LogP contribution in [0.25, 0.3) is 0 Å². The third kappa shape index (κ3) is 7.53. The molecule has 0 saturated heterocycles. The molecule has 0 radical (unpaired) electrons. The highest BCUT2D eigenvalue weighted by molar-refractivity contribution is 7.88. The SMILES string of the molecule is CCCN(CCC)c1cc(N=S(=O)(O)CCC)c(N=Nc2cc(C(C)(C)C)on2)cc1OC. The molecule has 184 valence electrons. The molecule has 1 N–H and O–H groups in total. The minimum absolute atomic E-state index is 0.0663. The zero-order valence-electron chi connectivity index (χ0n) is 20.8. The lowest BCUT2D eigenvalue weighted by atomic mass is 9.93. The summed E-state index contributed by atoms with van der Waals surface area (Å²) in [4.78, 5) is 2.19. The minimum atomic E-state index is -3.41. The Morgan fingerprint density at radius 2 is 1.73 bits per heavy atom. The fourth-order valence-electron chi connectivity index (χ4n) is 3.24. The molecule has 10 heteroatoms. The number of anilines is 1. The first-order valence-electron chi connectivity index (χ1n) is 11.4. The van der Waals surface area contributed by atoms with Crippen molar-refractivity contribution < 1.29 is 18.0 Å². The minimum Gasteiger partial charge on any atom is -0.494 e. The van der Waals surface area contributed by atoms with E-state index in [1.165, 1.54) is 0 Å². The maximum absolute atomic E-state index is 12.6. The topological polar surface area (TPSA) is 113 Å². The third-order valence-corrected chi connectivity index (χ3v) is 6.23. The summed E-state index contributed by atoms with van der Waals surface area (Å²) in [6.07, 6.45) is 2.43. The molecule has 0 fully saturated rings. The summed E-state index contributed by atoms with van der Waals surface area (Å²) < 4.78 is 38.2. The molecule has 0 aliphatic carbocycles. The van der Waals surface area contributed by atoms with Crippen LogP contribution in [-0.4, -0.2) is 39.9 Å². The van der Waals surface area contributed by atoms with E-state index in [9.17, 15) is 8.76 Å². The summed E-state index contributed by atoms with van der Waals surface area (Å²) in [5.74, 6) is 1.66. The smallest absolute Gasteiger partial charge is 0.217 e. The summed E-state index contributed by atoms with van der Waals surface area (Å²) in [7, 11) is -1.82. The number of azo groups is 1. The van der Waals surface area contributed by atoms with Gasteiger partial charge in [0.1, 0.15) is 22.9 Å². The predicted molar refractivity (Wildman–Crippen MR) is 133 cm³/mol. The van der Waals surface area contributed by atoms with E-state index in [0.29, 0.717) is 29.4 Å². The normalized spacial score (nSPS) is 13.8. The van der Waals surface area contributed by atoms with Gasteiger partial charge in [-0.25, -0.2) is 4.21 Å². The van der Waals surface area contributed by atoms with Crippen LogP contribution in [-0.2, 0) is 15.4 Å². The fourth-order valence-corrected chi connectivity index (χ4v) is 4.32. The van der Waals surface area contributed by atoms with Crippen molar-refractivity contribution in [3.05, 3.63) is 24.0 Å². The number of ether oxygens (including phenoxy) is 1. The zero-order valence-corrected chi connectivity index (χ0v) is 21.6. The standard InChI is InChI=1S/C23H37N5O4S/c1-8-11-28(12-9-2)19-14-18(27-33(29,30)13-10-3)17(15-20(19)31-7)24-25-22-16-21(32-26-22)23(4,5)6/h14-16H,8-13H2,1-7H3,(H,27,29,30). The van der Waals surface area contributed by atoms with Gasteiger partial charge in [0.2, 0.25) is 5.82 Å². The molecular weight excluding hydrogens is 442 g/mol. The van der Waals surface area contributed by atoms with E-state index >= 15 is 0 Å². The van der Waals surface area contributed by atoms with Crippen LogP contribution in [0.1, 0.15) is 66.6 Å². The number of nitrogens with zero attached hydrogens (tertiary/aromatic N) is 5. The zero-order chi connectivity index (χ0) is 24.6. The molecule has 33 heavy (non-hydrogen) atoms. The lowest BCUT2D eigenvalue weighted by molar-refractivity contribution is 0.330. The van der Waals surface area contributed by atoms with Gasteiger partial charge in [0.15, 0.2) is 10.0 Å². The van der Waals surface area contributed by atoms with Crippen LogP contribution in [0.3, 0.4) is 0 Å². The van der Waals surface area contributed by atoms with Gasteiger partial charge in [-0.3, -0.25) is 0 Å². The Bertz CT molecular complexity index is 1060. The molecule has 0 aliphatic rings. The maximum atomic E-state index is 12.6. The molecule has 2 aromatic rings. The second kappa shape index (κ2) is 11.6. The number of hydrogen-bond donors (Lipinski definition) is 1. The van der Waals surface area contributed by atoms with Gasteiger partial charge in [-0.1, -0.05) is 46.7 Å². The molecule has 1 heterocycles. The van der Waals surface area contributed by atoms with Crippen LogP contribution in [0.15, 0.2) is 37.3 Å². The number of aromatic nitrogens is 1. The summed E-state index contributed by atoms with van der Waals surface area (Å²) in [5, 5.41) is 12.4. The van der Waals surface area contributed by atoms with E-state index < -0.39 is 10.0 Å². The Labute approximate surface area is 197 Å². The first-order chi connectivity index (χ1) is 15.5. The number of hydrogen-bond acceptors (Lipinski definition) is 8. The summed E-state index contributed by atoms with van der Waals surface area (Å²) >= 11 is 0. The molecule has 0 amide bonds. The van der Waals surface area contributed by atoms with Crippen molar-refractivity contribution in [1.82, 2.24) is 5.16 Å². The van der Waals surface area contributed by atoms with Crippen LogP contribution in [0.2, 0.25) is 0 Å². The van der Waals surface area contributed by atoms with E-state index in [2.05, 4.69) is 38.5 Å². The van der Waals surface area contributed by atoms with Gasteiger partial charge >= 0.3 is 0 Å². The molecule has 9 nitrogen and oxygen atoms in total. The van der Waals surface area contributed by atoms with E-state index in [4.69, 9.17) is 9.26 Å². The molecule has 0 spiro atoms. The average molecular weight is 480 g/mol. The largest absolute Gasteiger partial charge is 0.494 e. The lowest BCUT2D eigenvalue weighted by Crippen LogP contribution is -2.25. The van der Waals surface area contributed by atoms with Crippen LogP contribution in [0.5, 0.6) is 5.75 Å². The van der Waals surface area contributed by atoms with Crippen LogP contribution in [0, 0.1) is 0 Å². The van der Waals surface area contributed by atoms with Gasteiger partial charge in [-0.2, -0.15) is 4.36 Å². The van der Waals surface area contributed by atoms with Gasteiger partial charge in [0.25, 0.3) is 0 Å². The van der Waals surface area contributed by atoms with Crippen molar-refractivity contribution in [2.75, 3.05) is 30.9 Å². The second-order valence-corrected chi connectivity index (χ2v) is 10.7. The summed E-state index contributed by atoms with van der Waals surface area (Å²) in [6, 6.07) is 5.18. The van der Waals surface area contributed by atoms with Crippen molar-refractivity contribution in [2.45, 2.75) is 66.2 Å². The molecule has 1 aromatic heterocycles. The Balaban J connectivity index is 2.62. The molecular formula is C23H37N5O4S. The van der Waals surface area contributed by atoms with E-state index in [1.807, 2.05) is 27.7 Å². The Morgan fingerprint density at radius 3 is 2.24 bits per heavy atom. The highest BCUT2D eigenvalue weighted by Gasteiger charge is 2.20. The van der Waals surface area contributed by atoms with E-state index in [1.54, 1.807) is 25.3 Å². The van der Waals surface area contributed by atoms with Gasteiger partial charge in [-0.05, 0) is 25.3 Å². The summed E-state index contributed by atoms with van der Waals surface area (Å²) in [5.41, 5.74) is 1.20. The first-order valence-corrected chi connectivity index (χ1v) is 13.0. The van der Waals surface area contributed by atoms with Crippen molar-refractivity contribution >= 4 is 32.9 Å². The Hall–Kier alpha value is -2.46. The molecule has 0 aliphatic heterocycles. The molecule has 1 unspecified atom stereocenters. The van der Waals surface area contributed by atoms with Crippen LogP contribution in [0.4, 0.5) is 22.9 Å². The van der Waals surface area contributed by atoms with Gasteiger partial charge in [0, 0.05) is 30.6 Å². The van der Waals surface area contributed by atoms with E-state index in [-0.39, 0.29) is 16.9 Å². The number of methoxy groups -OCH3 is 1. The highest BCUT2D eigenvalue weighted by atomic mass is 32.2. The van der Waals surface area contributed by atoms with E-state index in [0.717, 1.165) is 31.6 Å². The van der Waals surface area contributed by atoms with Gasteiger partial charge in [0.05, 0.1) is 18.6 Å². The number of rotatable bonds is 11. The van der Waals surface area contributed by atoms with Crippen molar-refractivity contribution in [3.8, 4) is 5.75 Å². The summed E-state index contributed by atoms with van der Waals surface area (Å²) in [6.45, 7) is 13.7. The first kappa shape index (κ1) is 26.8. The second-order valence-electron chi connectivity index (χ2n) is 8.90. The third-order valence-electron chi connectivity index (χ3n) is 4.81.